The number of aryl methyl sites for hydroxylation is 2. The van der Waals surface area contributed by atoms with E-state index in [-0.39, 0.29) is 23.2 Å². The van der Waals surface area contributed by atoms with Crippen molar-refractivity contribution in [3.05, 3.63) is 142 Å². The normalized spacial score (nSPS) is 19.4. The van der Waals surface area contributed by atoms with Gasteiger partial charge >= 0.3 is 11.4 Å². The zero-order valence-corrected chi connectivity index (χ0v) is 41.3. The second-order valence-corrected chi connectivity index (χ2v) is 17.5. The van der Waals surface area contributed by atoms with Gasteiger partial charge in [-0.25, -0.2) is 9.59 Å². The van der Waals surface area contributed by atoms with E-state index in [4.69, 9.17) is 29.8 Å². The fourth-order valence-electron chi connectivity index (χ4n) is 9.55. The van der Waals surface area contributed by atoms with Gasteiger partial charge in [-0.15, -0.1) is 0 Å². The van der Waals surface area contributed by atoms with Gasteiger partial charge in [0.15, 0.2) is 0 Å². The lowest BCUT2D eigenvalue weighted by molar-refractivity contribution is -0.907. The van der Waals surface area contributed by atoms with Crippen LogP contribution in [0.15, 0.2) is 119 Å². The molecule has 6 aromatic rings. The number of carboxylic acids is 2. The van der Waals surface area contributed by atoms with Gasteiger partial charge in [0, 0.05) is 75.4 Å². The largest absolute Gasteiger partial charge is 0.543 e. The maximum atomic E-state index is 13.3. The Hall–Kier alpha value is -7.72. The first kappa shape index (κ1) is 53.6. The van der Waals surface area contributed by atoms with Crippen molar-refractivity contribution in [3.8, 4) is 0 Å². The number of carbonyl (C=O) groups excluding carboxylic acids is 4. The minimum atomic E-state index is -2.19. The molecular formula is C50H64N14O8. The molecule has 2 saturated heterocycles. The summed E-state index contributed by atoms with van der Waals surface area (Å²) in [5.74, 6) is -4.18. The smallest absolute Gasteiger partial charge is 0.363 e. The first-order valence-corrected chi connectivity index (χ1v) is 24.5. The molecule has 0 saturated carbocycles. The van der Waals surface area contributed by atoms with Gasteiger partial charge in [-0.1, -0.05) is 62.4 Å². The molecule has 0 atom stereocenters. The molecule has 2 fully saturated rings. The number of carboxylic acid groups (broad SMARTS) is 2. The Balaban J connectivity index is 0.000000211. The highest BCUT2D eigenvalue weighted by atomic mass is 16.4. The number of aromatic nitrogens is 10. The summed E-state index contributed by atoms with van der Waals surface area (Å²) in [4.78, 5) is 85.1. The molecule has 6 heterocycles. The molecule has 2 aromatic carbocycles. The molecule has 2 N–H and O–H groups in total. The van der Waals surface area contributed by atoms with Crippen LogP contribution < -0.4 is 41.2 Å². The SMILES string of the molecule is CCC(=O)N(c1ccccc1)C1(c2ccccn2)CC[NH+](CCn2nnn(CC)c2=O)CC1.CCC(=O)N(c1ccccc1)C1(c2ccccn2)CC[NH+](CCn2nnn(CC)c2=O)CC1.O=C([O-])C(=O)[O-]. The monoisotopic (exact) mass is 989 g/mol. The summed E-state index contributed by atoms with van der Waals surface area (Å²) in [5.41, 5.74) is 2.33. The number of aliphatic carboxylic acids is 2. The molecule has 8 rings (SSSR count). The van der Waals surface area contributed by atoms with Gasteiger partial charge in [0.05, 0.1) is 75.7 Å². The average molecular weight is 989 g/mol. The van der Waals surface area contributed by atoms with Gasteiger partial charge in [-0.2, -0.15) is 18.7 Å². The number of rotatable bonds is 16. The number of hydrogen-bond acceptors (Lipinski definition) is 14. The first-order chi connectivity index (χ1) is 34.8. The molecule has 0 bridgehead atoms. The highest BCUT2D eigenvalue weighted by Crippen LogP contribution is 2.40. The van der Waals surface area contributed by atoms with Crippen LogP contribution in [-0.2, 0) is 56.4 Å². The van der Waals surface area contributed by atoms with Crippen molar-refractivity contribution in [2.24, 2.45) is 0 Å². The van der Waals surface area contributed by atoms with Crippen molar-refractivity contribution >= 4 is 35.1 Å². The van der Waals surface area contributed by atoms with Crippen molar-refractivity contribution in [2.45, 2.75) is 103 Å². The number of likely N-dealkylation sites (tertiary alicyclic amines) is 2. The molecule has 0 aliphatic carbocycles. The molecule has 0 spiro atoms. The Morgan fingerprint density at radius 2 is 0.847 bits per heavy atom. The summed E-state index contributed by atoms with van der Waals surface area (Å²) in [6, 6.07) is 31.7. The van der Waals surface area contributed by atoms with Crippen LogP contribution >= 0.6 is 0 Å². The van der Waals surface area contributed by atoms with E-state index in [0.29, 0.717) is 39.0 Å². The third-order valence-electron chi connectivity index (χ3n) is 13.4. The van der Waals surface area contributed by atoms with Crippen molar-refractivity contribution in [1.29, 1.82) is 0 Å². The number of carbonyl (C=O) groups is 4. The summed E-state index contributed by atoms with van der Waals surface area (Å²) in [6.07, 6.45) is 7.62. The minimum absolute atomic E-state index is 0.0954. The molecular weight excluding hydrogens is 925 g/mol. The number of nitrogens with zero attached hydrogens (tertiary/aromatic N) is 12. The molecule has 4 aromatic heterocycles. The summed E-state index contributed by atoms with van der Waals surface area (Å²) >= 11 is 0. The van der Waals surface area contributed by atoms with Crippen molar-refractivity contribution in [1.82, 2.24) is 49.5 Å². The van der Waals surface area contributed by atoms with Crippen molar-refractivity contribution in [2.75, 3.05) is 49.1 Å². The predicted octanol–water partition coefficient (Wildman–Crippen LogP) is -1.77. The highest BCUT2D eigenvalue weighted by molar-refractivity contribution is 6.25. The fourth-order valence-corrected chi connectivity index (χ4v) is 9.55. The average Bonchev–Trinajstić information content (AvgIpc) is 3.98. The van der Waals surface area contributed by atoms with E-state index in [1.165, 1.54) is 28.5 Å². The van der Waals surface area contributed by atoms with E-state index in [0.717, 1.165) is 87.7 Å². The summed E-state index contributed by atoms with van der Waals surface area (Å²) in [7, 11) is 0. The molecule has 22 heteroatoms. The van der Waals surface area contributed by atoms with Gasteiger partial charge in [0.2, 0.25) is 11.8 Å². The van der Waals surface area contributed by atoms with Crippen LogP contribution in [0.2, 0.25) is 0 Å². The Morgan fingerprint density at radius 1 is 0.514 bits per heavy atom. The fraction of sp³-hybridized carbons (Fsp3) is 0.440. The van der Waals surface area contributed by atoms with Crippen LogP contribution in [0.5, 0.6) is 0 Å². The first-order valence-electron chi connectivity index (χ1n) is 24.5. The molecule has 382 valence electrons. The van der Waals surface area contributed by atoms with Crippen LogP contribution in [-0.4, -0.2) is 113 Å². The Kier molecular flexibility index (Phi) is 18.9. The lowest BCUT2D eigenvalue weighted by atomic mass is 9.81. The standard InChI is InChI=1S/2C24H31N7O2.C2H2O4/c2*1-3-22(32)31(20-10-6-5-7-11-20)24(21-12-8-9-15-25-21)13-16-28(17-14-24)18-19-30-23(33)29(4-2)26-27-30;3-1(4)2(5)6/h2*5-12,15H,3-4,13-14,16-19H2,1-2H3;(H,3,4)(H,5,6). The van der Waals surface area contributed by atoms with E-state index < -0.39 is 23.0 Å². The summed E-state index contributed by atoms with van der Waals surface area (Å²) in [5, 5.41) is 33.6. The summed E-state index contributed by atoms with van der Waals surface area (Å²) in [6.45, 7) is 14.7. The number of piperidine rings is 2. The quantitative estimate of drug-likeness (QED) is 0.102. The number of benzene rings is 2. The molecule has 72 heavy (non-hydrogen) atoms. The minimum Gasteiger partial charge on any atom is -0.543 e. The second-order valence-electron chi connectivity index (χ2n) is 17.5. The molecule has 0 radical (unpaired) electrons. The van der Waals surface area contributed by atoms with Crippen LogP contribution in [0.3, 0.4) is 0 Å². The van der Waals surface area contributed by atoms with Gasteiger partial charge < -0.3 is 39.4 Å². The van der Waals surface area contributed by atoms with Gasteiger partial charge in [0.1, 0.15) is 11.1 Å². The Labute approximate surface area is 417 Å². The molecule has 2 aliphatic heterocycles. The van der Waals surface area contributed by atoms with E-state index >= 15 is 0 Å². The maximum Gasteiger partial charge on any atom is 0.363 e. The third kappa shape index (κ3) is 12.6. The number of amides is 2. The molecule has 0 unspecified atom stereocenters. The van der Waals surface area contributed by atoms with E-state index in [1.807, 2.05) is 135 Å². The second kappa shape index (κ2) is 25.4. The number of quaternary nitrogens is 2. The number of hydrogen-bond donors (Lipinski definition) is 2. The number of pyridine rings is 2. The number of tetrazole rings is 2. The topological polar surface area (TPSA) is 261 Å². The maximum absolute atomic E-state index is 13.3. The van der Waals surface area contributed by atoms with Crippen LogP contribution in [0, 0.1) is 0 Å². The lowest BCUT2D eigenvalue weighted by Gasteiger charge is -2.47. The Morgan fingerprint density at radius 3 is 1.12 bits per heavy atom. The summed E-state index contributed by atoms with van der Waals surface area (Å²) < 4.78 is 5.61. The van der Waals surface area contributed by atoms with Gasteiger partial charge in [0.25, 0.3) is 0 Å². The van der Waals surface area contributed by atoms with Crippen LogP contribution in [0.1, 0.15) is 77.6 Å². The van der Waals surface area contributed by atoms with E-state index in [9.17, 15) is 19.2 Å². The van der Waals surface area contributed by atoms with Crippen LogP contribution in [0.25, 0.3) is 0 Å². The highest BCUT2D eigenvalue weighted by Gasteiger charge is 2.48. The van der Waals surface area contributed by atoms with Crippen molar-refractivity contribution in [3.63, 3.8) is 0 Å². The van der Waals surface area contributed by atoms with E-state index in [2.05, 4.69) is 20.9 Å². The number of nitrogens with one attached hydrogen (secondary N) is 2. The zero-order valence-electron chi connectivity index (χ0n) is 41.3. The number of para-hydroxylation sites is 2. The number of anilines is 2. The lowest BCUT2D eigenvalue weighted by Crippen LogP contribution is -3.14. The van der Waals surface area contributed by atoms with E-state index in [1.54, 1.807) is 12.4 Å². The zero-order chi connectivity index (χ0) is 51.7. The predicted molar refractivity (Wildman–Crippen MR) is 260 cm³/mol. The molecule has 2 aliphatic rings. The Bertz CT molecular complexity index is 2600. The van der Waals surface area contributed by atoms with Crippen LogP contribution in [0.4, 0.5) is 11.4 Å². The molecule has 22 nitrogen and oxygen atoms in total. The third-order valence-corrected chi connectivity index (χ3v) is 13.4. The van der Waals surface area contributed by atoms with Gasteiger partial charge in [-0.05, 0) is 83.2 Å². The van der Waals surface area contributed by atoms with Crippen molar-refractivity contribution < 1.29 is 39.2 Å². The van der Waals surface area contributed by atoms with Gasteiger partial charge in [-0.3, -0.25) is 19.6 Å². The molecule has 2 amide bonds.